The maximum atomic E-state index is 5.99. The first-order valence-corrected chi connectivity index (χ1v) is 5.79. The first-order chi connectivity index (χ1) is 8.58. The molecule has 0 aliphatic heterocycles. The molecule has 0 atom stereocenters. The molecule has 0 aliphatic rings. The van der Waals surface area contributed by atoms with Crippen LogP contribution in [0.25, 0.3) is 0 Å². The molecule has 0 amide bonds. The van der Waals surface area contributed by atoms with Crippen molar-refractivity contribution in [2.75, 3.05) is 5.43 Å². The van der Waals surface area contributed by atoms with Gasteiger partial charge >= 0.3 is 0 Å². The van der Waals surface area contributed by atoms with Crippen molar-refractivity contribution in [3.8, 4) is 11.6 Å². The highest BCUT2D eigenvalue weighted by molar-refractivity contribution is 6.34. The van der Waals surface area contributed by atoms with E-state index < -0.39 is 0 Å². The number of nitrogens with one attached hydrogen (secondary N) is 1. The molecule has 0 saturated heterocycles. The minimum absolute atomic E-state index is 0.333. The average Bonchev–Trinajstić information content (AvgIpc) is 2.33. The van der Waals surface area contributed by atoms with Gasteiger partial charge in [0, 0.05) is 17.2 Å². The standard InChI is InChI=1S/C11H10Cl2N4O/c1-6-15-10(17-14)5-11(16-6)18-9-4-7(12)2-3-8(9)13/h2-5H,14H2,1H3,(H,15,16,17). The molecule has 0 saturated carbocycles. The molecule has 3 N–H and O–H groups in total. The summed E-state index contributed by atoms with van der Waals surface area (Å²) in [6.07, 6.45) is 0. The number of hydrogen-bond donors (Lipinski definition) is 2. The van der Waals surface area contributed by atoms with Crippen LogP contribution in [0.4, 0.5) is 5.82 Å². The number of nitrogen functional groups attached to an aromatic ring is 1. The quantitative estimate of drug-likeness (QED) is 0.669. The van der Waals surface area contributed by atoms with Crippen LogP contribution in [0.1, 0.15) is 5.82 Å². The molecule has 0 unspecified atom stereocenters. The number of nitrogens with two attached hydrogens (primary N) is 1. The molecule has 1 aromatic carbocycles. The first kappa shape index (κ1) is 12.9. The topological polar surface area (TPSA) is 73.1 Å². The number of anilines is 1. The van der Waals surface area contributed by atoms with Crippen LogP contribution in [-0.4, -0.2) is 9.97 Å². The maximum absolute atomic E-state index is 5.99. The van der Waals surface area contributed by atoms with E-state index in [0.29, 0.717) is 33.3 Å². The molecule has 0 bridgehead atoms. The van der Waals surface area contributed by atoms with Gasteiger partial charge in [-0.15, -0.1) is 0 Å². The van der Waals surface area contributed by atoms with Crippen molar-refractivity contribution in [2.45, 2.75) is 6.92 Å². The lowest BCUT2D eigenvalue weighted by Crippen LogP contribution is -2.09. The average molecular weight is 285 g/mol. The minimum Gasteiger partial charge on any atom is -0.437 e. The fourth-order valence-electron chi connectivity index (χ4n) is 1.33. The van der Waals surface area contributed by atoms with Gasteiger partial charge in [-0.1, -0.05) is 23.2 Å². The molecule has 0 aliphatic carbocycles. The Morgan fingerprint density at radius 1 is 1.22 bits per heavy atom. The SMILES string of the molecule is Cc1nc(NN)cc(Oc2cc(Cl)ccc2Cl)n1. The van der Waals surface area contributed by atoms with Crippen LogP contribution in [0.15, 0.2) is 24.3 Å². The molecule has 1 heterocycles. The Labute approximate surface area is 114 Å². The van der Waals surface area contributed by atoms with Crippen molar-refractivity contribution in [1.29, 1.82) is 0 Å². The second kappa shape index (κ2) is 5.39. The van der Waals surface area contributed by atoms with E-state index in [1.807, 2.05) is 0 Å². The Hall–Kier alpha value is -1.56. The van der Waals surface area contributed by atoms with E-state index in [1.165, 1.54) is 0 Å². The number of benzene rings is 1. The third-order valence-electron chi connectivity index (χ3n) is 2.07. The van der Waals surface area contributed by atoms with E-state index in [9.17, 15) is 0 Å². The lowest BCUT2D eigenvalue weighted by atomic mass is 10.3. The number of halogens is 2. The summed E-state index contributed by atoms with van der Waals surface area (Å²) >= 11 is 11.9. The zero-order valence-electron chi connectivity index (χ0n) is 9.45. The van der Waals surface area contributed by atoms with Crippen molar-refractivity contribution >= 4 is 29.0 Å². The van der Waals surface area contributed by atoms with Gasteiger partial charge < -0.3 is 10.2 Å². The number of hydrazine groups is 1. The second-order valence-electron chi connectivity index (χ2n) is 3.46. The lowest BCUT2D eigenvalue weighted by molar-refractivity contribution is 0.460. The summed E-state index contributed by atoms with van der Waals surface area (Å²) in [6, 6.07) is 6.49. The van der Waals surface area contributed by atoms with Gasteiger partial charge in [0.2, 0.25) is 5.88 Å². The van der Waals surface area contributed by atoms with Crippen molar-refractivity contribution in [1.82, 2.24) is 9.97 Å². The maximum Gasteiger partial charge on any atom is 0.224 e. The van der Waals surface area contributed by atoms with Gasteiger partial charge in [0.15, 0.2) is 0 Å². The monoisotopic (exact) mass is 284 g/mol. The predicted octanol–water partition coefficient (Wildman–Crippen LogP) is 3.17. The molecule has 2 rings (SSSR count). The van der Waals surface area contributed by atoms with Crippen LogP contribution in [0.3, 0.4) is 0 Å². The highest BCUT2D eigenvalue weighted by atomic mass is 35.5. The van der Waals surface area contributed by atoms with Crippen molar-refractivity contribution in [3.63, 3.8) is 0 Å². The highest BCUT2D eigenvalue weighted by Crippen LogP contribution is 2.31. The Balaban J connectivity index is 2.33. The van der Waals surface area contributed by atoms with Gasteiger partial charge in [-0.3, -0.25) is 0 Å². The summed E-state index contributed by atoms with van der Waals surface area (Å²) in [5.41, 5.74) is 2.43. The van der Waals surface area contributed by atoms with Gasteiger partial charge in [-0.2, -0.15) is 4.98 Å². The largest absolute Gasteiger partial charge is 0.437 e. The van der Waals surface area contributed by atoms with Crippen molar-refractivity contribution in [2.24, 2.45) is 5.84 Å². The van der Waals surface area contributed by atoms with Crippen LogP contribution in [0, 0.1) is 6.92 Å². The fraction of sp³-hybridized carbons (Fsp3) is 0.0909. The molecule has 7 heteroatoms. The van der Waals surface area contributed by atoms with Crippen LogP contribution in [0.2, 0.25) is 10.0 Å². The van der Waals surface area contributed by atoms with E-state index in [2.05, 4.69) is 15.4 Å². The normalized spacial score (nSPS) is 10.2. The van der Waals surface area contributed by atoms with E-state index in [0.717, 1.165) is 0 Å². The third-order valence-corrected chi connectivity index (χ3v) is 2.62. The van der Waals surface area contributed by atoms with E-state index in [4.69, 9.17) is 33.8 Å². The zero-order chi connectivity index (χ0) is 13.1. The van der Waals surface area contributed by atoms with Gasteiger partial charge in [0.1, 0.15) is 17.4 Å². The van der Waals surface area contributed by atoms with Crippen LogP contribution in [0.5, 0.6) is 11.6 Å². The Bertz CT molecular complexity index is 577. The second-order valence-corrected chi connectivity index (χ2v) is 4.30. The fourth-order valence-corrected chi connectivity index (χ4v) is 1.65. The molecule has 0 radical (unpaired) electrons. The zero-order valence-corrected chi connectivity index (χ0v) is 11.0. The number of ether oxygens (including phenoxy) is 1. The summed E-state index contributed by atoms with van der Waals surface area (Å²) < 4.78 is 5.55. The number of rotatable bonds is 3. The number of hydrogen-bond acceptors (Lipinski definition) is 5. The van der Waals surface area contributed by atoms with E-state index in [1.54, 1.807) is 31.2 Å². The molecule has 94 valence electrons. The van der Waals surface area contributed by atoms with E-state index in [-0.39, 0.29) is 0 Å². The molecule has 18 heavy (non-hydrogen) atoms. The Kier molecular flexibility index (Phi) is 3.86. The number of nitrogens with zero attached hydrogens (tertiary/aromatic N) is 2. The van der Waals surface area contributed by atoms with Gasteiger partial charge in [-0.05, 0) is 19.1 Å². The smallest absolute Gasteiger partial charge is 0.224 e. The number of aromatic nitrogens is 2. The van der Waals surface area contributed by atoms with Gasteiger partial charge in [-0.25, -0.2) is 10.8 Å². The van der Waals surface area contributed by atoms with Gasteiger partial charge in [0.05, 0.1) is 5.02 Å². The predicted molar refractivity (Wildman–Crippen MR) is 71.1 cm³/mol. The highest BCUT2D eigenvalue weighted by Gasteiger charge is 2.07. The van der Waals surface area contributed by atoms with Crippen LogP contribution < -0.4 is 16.0 Å². The summed E-state index contributed by atoms with van der Waals surface area (Å²) in [6.45, 7) is 1.73. The summed E-state index contributed by atoms with van der Waals surface area (Å²) in [4.78, 5) is 8.16. The van der Waals surface area contributed by atoms with Crippen LogP contribution >= 0.6 is 23.2 Å². The Morgan fingerprint density at radius 2 is 2.00 bits per heavy atom. The summed E-state index contributed by atoms with van der Waals surface area (Å²) in [5.74, 6) is 7.03. The Morgan fingerprint density at radius 3 is 2.72 bits per heavy atom. The molecule has 2 aromatic rings. The first-order valence-electron chi connectivity index (χ1n) is 5.03. The molecular formula is C11H10Cl2N4O. The van der Waals surface area contributed by atoms with E-state index >= 15 is 0 Å². The molecule has 0 fully saturated rings. The minimum atomic E-state index is 0.333. The van der Waals surface area contributed by atoms with Crippen molar-refractivity contribution in [3.05, 3.63) is 40.1 Å². The van der Waals surface area contributed by atoms with Crippen LogP contribution in [-0.2, 0) is 0 Å². The molecule has 5 nitrogen and oxygen atoms in total. The third kappa shape index (κ3) is 3.01. The van der Waals surface area contributed by atoms with Crippen molar-refractivity contribution < 1.29 is 4.74 Å². The van der Waals surface area contributed by atoms with Gasteiger partial charge in [0.25, 0.3) is 0 Å². The lowest BCUT2D eigenvalue weighted by Gasteiger charge is -2.08. The summed E-state index contributed by atoms with van der Waals surface area (Å²) in [7, 11) is 0. The molecule has 1 aromatic heterocycles. The molecule has 0 spiro atoms. The number of aryl methyl sites for hydroxylation is 1. The molecular weight excluding hydrogens is 275 g/mol. The summed E-state index contributed by atoms with van der Waals surface area (Å²) in [5, 5.41) is 0.968.